The van der Waals surface area contributed by atoms with E-state index in [-0.39, 0.29) is 5.91 Å². The zero-order valence-corrected chi connectivity index (χ0v) is 12.9. The fourth-order valence-electron chi connectivity index (χ4n) is 1.99. The number of carbonyl (C=O) groups is 1. The Morgan fingerprint density at radius 2 is 1.90 bits per heavy atom. The van der Waals surface area contributed by atoms with Crippen molar-refractivity contribution in [2.75, 3.05) is 12.4 Å². The molecule has 2 aromatic carbocycles. The van der Waals surface area contributed by atoms with Gasteiger partial charge in [0.05, 0.1) is 7.11 Å². The highest BCUT2D eigenvalue weighted by molar-refractivity contribution is 6.31. The third kappa shape index (κ3) is 4.50. The lowest BCUT2D eigenvalue weighted by atomic mass is 10.1. The molecule has 2 rings (SSSR count). The molecule has 0 aliphatic carbocycles. The number of nitrogens with one attached hydrogen (secondary N) is 1. The van der Waals surface area contributed by atoms with Gasteiger partial charge in [0, 0.05) is 17.1 Å². The monoisotopic (exact) mass is 303 g/mol. The molecule has 3 nitrogen and oxygen atoms in total. The highest BCUT2D eigenvalue weighted by Gasteiger charge is 2.06. The van der Waals surface area contributed by atoms with Crippen molar-refractivity contribution in [2.45, 2.75) is 19.8 Å². The summed E-state index contributed by atoms with van der Waals surface area (Å²) in [6.45, 7) is 1.94. The van der Waals surface area contributed by atoms with E-state index in [1.807, 2.05) is 43.3 Å². The maximum atomic E-state index is 12.0. The molecule has 4 heteroatoms. The summed E-state index contributed by atoms with van der Waals surface area (Å²) >= 11 is 5.94. The Balaban J connectivity index is 1.91. The fraction of sp³-hybridized carbons (Fsp3) is 0.235. The van der Waals surface area contributed by atoms with Gasteiger partial charge in [0.1, 0.15) is 5.75 Å². The zero-order valence-electron chi connectivity index (χ0n) is 12.2. The quantitative estimate of drug-likeness (QED) is 0.897. The molecule has 0 aliphatic rings. The summed E-state index contributed by atoms with van der Waals surface area (Å²) in [5, 5.41) is 3.51. The smallest absolute Gasteiger partial charge is 0.224 e. The topological polar surface area (TPSA) is 38.3 Å². The van der Waals surface area contributed by atoms with Gasteiger partial charge in [-0.25, -0.2) is 0 Å². The van der Waals surface area contributed by atoms with Crippen LogP contribution in [0.15, 0.2) is 42.5 Å². The van der Waals surface area contributed by atoms with Crippen molar-refractivity contribution in [1.82, 2.24) is 0 Å². The number of carbonyl (C=O) groups excluding carboxylic acids is 1. The minimum absolute atomic E-state index is 0.0174. The molecule has 2 aromatic rings. The van der Waals surface area contributed by atoms with Crippen molar-refractivity contribution in [3.05, 3.63) is 58.6 Å². The second kappa shape index (κ2) is 7.14. The Morgan fingerprint density at radius 3 is 2.57 bits per heavy atom. The van der Waals surface area contributed by atoms with Crippen LogP contribution in [-0.4, -0.2) is 13.0 Å². The summed E-state index contributed by atoms with van der Waals surface area (Å²) in [4.78, 5) is 12.0. The zero-order chi connectivity index (χ0) is 15.2. The van der Waals surface area contributed by atoms with Gasteiger partial charge in [-0.2, -0.15) is 0 Å². The lowest BCUT2D eigenvalue weighted by Gasteiger charge is -2.09. The second-order valence-corrected chi connectivity index (χ2v) is 5.29. The first kappa shape index (κ1) is 15.4. The molecule has 110 valence electrons. The van der Waals surface area contributed by atoms with E-state index in [2.05, 4.69) is 5.32 Å². The van der Waals surface area contributed by atoms with Crippen LogP contribution >= 0.6 is 11.6 Å². The third-order valence-electron chi connectivity index (χ3n) is 3.27. The molecule has 1 N–H and O–H groups in total. The summed E-state index contributed by atoms with van der Waals surface area (Å²) in [5.41, 5.74) is 2.87. The number of hydrogen-bond donors (Lipinski definition) is 1. The summed E-state index contributed by atoms with van der Waals surface area (Å²) in [6, 6.07) is 13.2. The molecule has 0 unspecified atom stereocenters. The number of rotatable bonds is 5. The van der Waals surface area contributed by atoms with Crippen molar-refractivity contribution >= 4 is 23.2 Å². The van der Waals surface area contributed by atoms with Crippen LogP contribution in [0.2, 0.25) is 5.02 Å². The molecule has 0 saturated heterocycles. The molecule has 0 aliphatic heterocycles. The number of ether oxygens (including phenoxy) is 1. The van der Waals surface area contributed by atoms with Gasteiger partial charge < -0.3 is 10.1 Å². The SMILES string of the molecule is COc1ccc(CCC(=O)Nc2cc(Cl)ccc2C)cc1. The Kier molecular flexibility index (Phi) is 5.23. The van der Waals surface area contributed by atoms with Crippen molar-refractivity contribution < 1.29 is 9.53 Å². The number of halogens is 1. The van der Waals surface area contributed by atoms with Crippen LogP contribution in [0, 0.1) is 6.92 Å². The number of amides is 1. The molecule has 0 fully saturated rings. The average molecular weight is 304 g/mol. The van der Waals surface area contributed by atoms with Crippen molar-refractivity contribution in [3.8, 4) is 5.75 Å². The Bertz CT molecular complexity index is 623. The van der Waals surface area contributed by atoms with Crippen molar-refractivity contribution in [2.24, 2.45) is 0 Å². The van der Waals surface area contributed by atoms with Crippen molar-refractivity contribution in [1.29, 1.82) is 0 Å². The molecular formula is C17H18ClNO2. The number of hydrogen-bond acceptors (Lipinski definition) is 2. The molecule has 0 radical (unpaired) electrons. The molecule has 0 saturated carbocycles. The van der Waals surface area contributed by atoms with Crippen LogP contribution in [0.1, 0.15) is 17.5 Å². The maximum absolute atomic E-state index is 12.0. The highest BCUT2D eigenvalue weighted by atomic mass is 35.5. The van der Waals surface area contributed by atoms with E-state index in [1.165, 1.54) is 0 Å². The Hall–Kier alpha value is -2.00. The van der Waals surface area contributed by atoms with Crippen molar-refractivity contribution in [3.63, 3.8) is 0 Å². The number of benzene rings is 2. The van der Waals surface area contributed by atoms with Gasteiger partial charge in [-0.3, -0.25) is 4.79 Å². The number of aryl methyl sites for hydroxylation is 2. The predicted octanol–water partition coefficient (Wildman–Crippen LogP) is 4.23. The molecule has 1 amide bonds. The molecule has 0 heterocycles. The van der Waals surface area contributed by atoms with E-state index in [4.69, 9.17) is 16.3 Å². The third-order valence-corrected chi connectivity index (χ3v) is 3.51. The highest BCUT2D eigenvalue weighted by Crippen LogP contribution is 2.20. The van der Waals surface area contributed by atoms with Gasteiger partial charge in [-0.05, 0) is 48.7 Å². The summed E-state index contributed by atoms with van der Waals surface area (Å²) in [5.74, 6) is 0.800. The van der Waals surface area contributed by atoms with Gasteiger partial charge in [-0.1, -0.05) is 29.8 Å². The molecule has 0 atom stereocenters. The Morgan fingerprint density at radius 1 is 1.19 bits per heavy atom. The summed E-state index contributed by atoms with van der Waals surface area (Å²) in [6.07, 6.45) is 1.12. The van der Waals surface area contributed by atoms with Crippen LogP contribution in [-0.2, 0) is 11.2 Å². The second-order valence-electron chi connectivity index (χ2n) is 4.86. The maximum Gasteiger partial charge on any atom is 0.224 e. The number of methoxy groups -OCH3 is 1. The summed E-state index contributed by atoms with van der Waals surface area (Å²) < 4.78 is 5.11. The van der Waals surface area contributed by atoms with Crippen LogP contribution in [0.3, 0.4) is 0 Å². The van der Waals surface area contributed by atoms with Gasteiger partial charge >= 0.3 is 0 Å². The van der Waals surface area contributed by atoms with Crippen LogP contribution in [0.5, 0.6) is 5.75 Å². The number of anilines is 1. The van der Waals surface area contributed by atoms with E-state index in [0.29, 0.717) is 17.9 Å². The molecular weight excluding hydrogens is 286 g/mol. The van der Waals surface area contributed by atoms with Crippen LogP contribution in [0.25, 0.3) is 0 Å². The van der Waals surface area contributed by atoms with E-state index >= 15 is 0 Å². The lowest BCUT2D eigenvalue weighted by molar-refractivity contribution is -0.116. The molecule has 21 heavy (non-hydrogen) atoms. The van der Waals surface area contributed by atoms with E-state index in [0.717, 1.165) is 22.6 Å². The minimum atomic E-state index is -0.0174. The minimum Gasteiger partial charge on any atom is -0.497 e. The fourth-order valence-corrected chi connectivity index (χ4v) is 2.16. The Labute approximate surface area is 129 Å². The van der Waals surface area contributed by atoms with Gasteiger partial charge in [0.25, 0.3) is 0 Å². The summed E-state index contributed by atoms with van der Waals surface area (Å²) in [7, 11) is 1.63. The van der Waals surface area contributed by atoms with Crippen LogP contribution in [0.4, 0.5) is 5.69 Å². The lowest BCUT2D eigenvalue weighted by Crippen LogP contribution is -2.13. The van der Waals surface area contributed by atoms with Gasteiger partial charge in [0.15, 0.2) is 0 Å². The average Bonchev–Trinajstić information content (AvgIpc) is 2.49. The first-order valence-corrected chi connectivity index (χ1v) is 7.15. The van der Waals surface area contributed by atoms with E-state index < -0.39 is 0 Å². The van der Waals surface area contributed by atoms with E-state index in [9.17, 15) is 4.79 Å². The predicted molar refractivity (Wildman–Crippen MR) is 86.1 cm³/mol. The standard InChI is InChI=1S/C17H18ClNO2/c1-12-3-7-14(18)11-16(12)19-17(20)10-6-13-4-8-15(21-2)9-5-13/h3-5,7-9,11H,6,10H2,1-2H3,(H,19,20). The normalized spacial score (nSPS) is 10.2. The van der Waals surface area contributed by atoms with Gasteiger partial charge in [0.2, 0.25) is 5.91 Å². The molecule has 0 spiro atoms. The molecule has 0 aromatic heterocycles. The van der Waals surface area contributed by atoms with Crippen LogP contribution < -0.4 is 10.1 Å². The largest absolute Gasteiger partial charge is 0.497 e. The molecule has 0 bridgehead atoms. The van der Waals surface area contributed by atoms with E-state index in [1.54, 1.807) is 13.2 Å². The first-order valence-electron chi connectivity index (χ1n) is 6.77. The van der Waals surface area contributed by atoms with Gasteiger partial charge in [-0.15, -0.1) is 0 Å². The first-order chi connectivity index (χ1) is 10.1.